The molecule has 1 saturated heterocycles. The molecule has 0 radical (unpaired) electrons. The van der Waals surface area contributed by atoms with Crippen molar-refractivity contribution in [3.8, 4) is 0 Å². The molecule has 0 aliphatic carbocycles. The third-order valence-electron chi connectivity index (χ3n) is 3.54. The lowest BCUT2D eigenvalue weighted by Crippen LogP contribution is -2.41. The van der Waals surface area contributed by atoms with E-state index in [1.54, 1.807) is 0 Å². The van der Waals surface area contributed by atoms with Gasteiger partial charge in [-0.2, -0.15) is 0 Å². The van der Waals surface area contributed by atoms with Gasteiger partial charge in [-0.3, -0.25) is 14.9 Å². The van der Waals surface area contributed by atoms with Crippen LogP contribution in [0.1, 0.15) is 43.0 Å². The molecule has 0 amide bonds. The number of hydrogen-bond acceptors (Lipinski definition) is 4. The summed E-state index contributed by atoms with van der Waals surface area (Å²) in [5.41, 5.74) is 0.562. The van der Waals surface area contributed by atoms with Crippen LogP contribution in [0.2, 0.25) is 0 Å². The molecule has 5 nitrogen and oxygen atoms in total. The molecule has 19 heavy (non-hydrogen) atoms. The predicted octanol–water partition coefficient (Wildman–Crippen LogP) is 2.70. The van der Waals surface area contributed by atoms with E-state index in [-0.39, 0.29) is 17.5 Å². The molecule has 0 bridgehead atoms. The maximum absolute atomic E-state index is 12.1. The molecule has 0 saturated carbocycles. The largest absolute Gasteiger partial charge is 0.311 e. The first kappa shape index (κ1) is 13.7. The highest BCUT2D eigenvalue weighted by Gasteiger charge is 2.21. The minimum Gasteiger partial charge on any atom is -0.311 e. The molecule has 2 rings (SSSR count). The van der Waals surface area contributed by atoms with Crippen molar-refractivity contribution in [3.05, 3.63) is 39.9 Å². The van der Waals surface area contributed by atoms with Crippen molar-refractivity contribution < 1.29 is 9.72 Å². The van der Waals surface area contributed by atoms with Crippen molar-refractivity contribution >= 4 is 11.5 Å². The summed E-state index contributed by atoms with van der Waals surface area (Å²) in [6.45, 7) is 2.13. The van der Waals surface area contributed by atoms with Crippen LogP contribution in [0.3, 0.4) is 0 Å². The first-order valence-corrected chi connectivity index (χ1v) is 6.60. The van der Waals surface area contributed by atoms with Gasteiger partial charge < -0.3 is 5.32 Å². The zero-order valence-corrected chi connectivity index (χ0v) is 11.0. The SMILES string of the molecule is CC1CCCC(CC(=O)c2ccc([N+](=O)[O-])cc2)N1. The molecule has 2 atom stereocenters. The second kappa shape index (κ2) is 5.93. The fourth-order valence-electron chi connectivity index (χ4n) is 2.51. The third-order valence-corrected chi connectivity index (χ3v) is 3.54. The lowest BCUT2D eigenvalue weighted by Gasteiger charge is -2.28. The smallest absolute Gasteiger partial charge is 0.269 e. The van der Waals surface area contributed by atoms with Gasteiger partial charge in [0.25, 0.3) is 5.69 Å². The van der Waals surface area contributed by atoms with Crippen LogP contribution in [0.25, 0.3) is 0 Å². The van der Waals surface area contributed by atoms with E-state index in [1.807, 2.05) is 0 Å². The predicted molar refractivity (Wildman–Crippen MR) is 72.3 cm³/mol. The molecule has 1 N–H and O–H groups in total. The van der Waals surface area contributed by atoms with Crippen LogP contribution in [0.15, 0.2) is 24.3 Å². The summed E-state index contributed by atoms with van der Waals surface area (Å²) in [5, 5.41) is 14.0. The van der Waals surface area contributed by atoms with E-state index in [0.717, 1.165) is 19.3 Å². The van der Waals surface area contributed by atoms with Gasteiger partial charge in [0.15, 0.2) is 5.78 Å². The van der Waals surface area contributed by atoms with Crippen LogP contribution in [0.4, 0.5) is 5.69 Å². The quantitative estimate of drug-likeness (QED) is 0.514. The molecule has 102 valence electrons. The standard InChI is InChI=1S/C14H18N2O3/c1-10-3-2-4-12(15-10)9-14(17)11-5-7-13(8-6-11)16(18)19/h5-8,10,12,15H,2-4,9H2,1H3. The van der Waals surface area contributed by atoms with Gasteiger partial charge in [-0.05, 0) is 31.9 Å². The lowest BCUT2D eigenvalue weighted by atomic mass is 9.94. The molecular formula is C14H18N2O3. The Morgan fingerprint density at radius 1 is 1.37 bits per heavy atom. The fourth-order valence-corrected chi connectivity index (χ4v) is 2.51. The third kappa shape index (κ3) is 3.61. The number of Topliss-reactive ketones (excluding diaryl/α,β-unsaturated/α-hetero) is 1. The lowest BCUT2D eigenvalue weighted by molar-refractivity contribution is -0.384. The number of carbonyl (C=O) groups is 1. The van der Waals surface area contributed by atoms with Gasteiger partial charge in [0, 0.05) is 36.2 Å². The Labute approximate surface area is 112 Å². The second-order valence-corrected chi connectivity index (χ2v) is 5.13. The first-order chi connectivity index (χ1) is 9.06. The van der Waals surface area contributed by atoms with Crippen molar-refractivity contribution in [1.29, 1.82) is 0 Å². The van der Waals surface area contributed by atoms with Gasteiger partial charge in [0.05, 0.1) is 4.92 Å². The highest BCUT2D eigenvalue weighted by Crippen LogP contribution is 2.18. The average Bonchev–Trinajstić information content (AvgIpc) is 2.39. The number of non-ortho nitro benzene ring substituents is 1. The number of ketones is 1. The summed E-state index contributed by atoms with van der Waals surface area (Å²) in [4.78, 5) is 22.2. The van der Waals surface area contributed by atoms with E-state index in [0.29, 0.717) is 18.0 Å². The molecule has 1 aliphatic rings. The van der Waals surface area contributed by atoms with E-state index in [2.05, 4.69) is 12.2 Å². The number of carbonyl (C=O) groups excluding carboxylic acids is 1. The van der Waals surface area contributed by atoms with Crippen molar-refractivity contribution in [2.24, 2.45) is 0 Å². The molecule has 1 aromatic carbocycles. The highest BCUT2D eigenvalue weighted by molar-refractivity contribution is 5.96. The topological polar surface area (TPSA) is 72.2 Å². The Morgan fingerprint density at radius 2 is 2.05 bits per heavy atom. The zero-order chi connectivity index (χ0) is 13.8. The van der Waals surface area contributed by atoms with Gasteiger partial charge in [-0.1, -0.05) is 6.42 Å². The summed E-state index contributed by atoms with van der Waals surface area (Å²) in [6.07, 6.45) is 3.78. The number of benzene rings is 1. The Kier molecular flexibility index (Phi) is 4.27. The van der Waals surface area contributed by atoms with E-state index in [1.165, 1.54) is 24.3 Å². The van der Waals surface area contributed by atoms with E-state index in [9.17, 15) is 14.9 Å². The Balaban J connectivity index is 1.97. The highest BCUT2D eigenvalue weighted by atomic mass is 16.6. The van der Waals surface area contributed by atoms with E-state index in [4.69, 9.17) is 0 Å². The normalized spacial score (nSPS) is 23.0. The average molecular weight is 262 g/mol. The summed E-state index contributed by atoms with van der Waals surface area (Å²) in [5.74, 6) is 0.0431. The summed E-state index contributed by atoms with van der Waals surface area (Å²) >= 11 is 0. The minimum absolute atomic E-state index is 0.0148. The Morgan fingerprint density at radius 3 is 2.63 bits per heavy atom. The van der Waals surface area contributed by atoms with Crippen LogP contribution >= 0.6 is 0 Å². The van der Waals surface area contributed by atoms with Crippen molar-refractivity contribution in [2.75, 3.05) is 0 Å². The monoisotopic (exact) mass is 262 g/mol. The van der Waals surface area contributed by atoms with Gasteiger partial charge in [0.1, 0.15) is 0 Å². The number of nitro groups is 1. The van der Waals surface area contributed by atoms with Crippen LogP contribution in [0.5, 0.6) is 0 Å². The van der Waals surface area contributed by atoms with Crippen LogP contribution in [0, 0.1) is 10.1 Å². The molecule has 1 aliphatic heterocycles. The molecule has 0 spiro atoms. The Hall–Kier alpha value is -1.75. The number of nitrogens with one attached hydrogen (secondary N) is 1. The molecule has 2 unspecified atom stereocenters. The number of piperidine rings is 1. The number of rotatable bonds is 4. The van der Waals surface area contributed by atoms with Crippen molar-refractivity contribution in [3.63, 3.8) is 0 Å². The van der Waals surface area contributed by atoms with Crippen LogP contribution in [-0.4, -0.2) is 22.8 Å². The second-order valence-electron chi connectivity index (χ2n) is 5.13. The van der Waals surface area contributed by atoms with Crippen molar-refractivity contribution in [2.45, 2.75) is 44.7 Å². The maximum Gasteiger partial charge on any atom is 0.269 e. The minimum atomic E-state index is -0.460. The fraction of sp³-hybridized carbons (Fsp3) is 0.500. The first-order valence-electron chi connectivity index (χ1n) is 6.60. The molecular weight excluding hydrogens is 244 g/mol. The zero-order valence-electron chi connectivity index (χ0n) is 11.0. The number of hydrogen-bond donors (Lipinski definition) is 1. The molecule has 5 heteroatoms. The van der Waals surface area contributed by atoms with Crippen LogP contribution in [-0.2, 0) is 0 Å². The summed E-state index contributed by atoms with van der Waals surface area (Å²) < 4.78 is 0. The van der Waals surface area contributed by atoms with Crippen molar-refractivity contribution in [1.82, 2.24) is 5.32 Å². The van der Waals surface area contributed by atoms with Gasteiger partial charge in [-0.15, -0.1) is 0 Å². The van der Waals surface area contributed by atoms with Gasteiger partial charge >= 0.3 is 0 Å². The number of nitrogens with zero attached hydrogens (tertiary/aromatic N) is 1. The van der Waals surface area contributed by atoms with E-state index >= 15 is 0 Å². The number of nitro benzene ring substituents is 1. The van der Waals surface area contributed by atoms with Gasteiger partial charge in [0.2, 0.25) is 0 Å². The van der Waals surface area contributed by atoms with Gasteiger partial charge in [-0.25, -0.2) is 0 Å². The summed E-state index contributed by atoms with van der Waals surface area (Å²) in [6, 6.07) is 6.52. The Bertz CT molecular complexity index is 470. The maximum atomic E-state index is 12.1. The molecule has 0 aromatic heterocycles. The molecule has 1 heterocycles. The molecule has 1 fully saturated rings. The van der Waals surface area contributed by atoms with Crippen LogP contribution < -0.4 is 5.32 Å². The molecule has 1 aromatic rings. The summed E-state index contributed by atoms with van der Waals surface area (Å²) in [7, 11) is 0. The van der Waals surface area contributed by atoms with E-state index < -0.39 is 4.92 Å².